The first-order valence-electron chi connectivity index (χ1n) is 10.1. The molecule has 3 aromatic rings. The Bertz CT molecular complexity index is 1260. The summed E-state index contributed by atoms with van der Waals surface area (Å²) in [5, 5.41) is 9.72. The van der Waals surface area contributed by atoms with E-state index in [1.807, 2.05) is 0 Å². The molecule has 32 heavy (non-hydrogen) atoms. The Morgan fingerprint density at radius 1 is 0.688 bits per heavy atom. The minimum Gasteiger partial charge on any atom is -0.394 e. The second kappa shape index (κ2) is 7.67. The van der Waals surface area contributed by atoms with Crippen LogP contribution in [0.2, 0.25) is 0 Å². The maximum atomic E-state index is 13.1. The van der Waals surface area contributed by atoms with E-state index in [1.54, 1.807) is 54.6 Å². The van der Waals surface area contributed by atoms with Gasteiger partial charge in [0.05, 0.1) is 43.2 Å². The lowest BCUT2D eigenvalue weighted by Gasteiger charge is -2.28. The van der Waals surface area contributed by atoms with E-state index in [1.165, 1.54) is 0 Å². The van der Waals surface area contributed by atoms with Crippen LogP contribution < -0.4 is 4.90 Å². The smallest absolute Gasteiger partial charge is 0.266 e. The zero-order chi connectivity index (χ0) is 22.4. The second-order valence-corrected chi connectivity index (χ2v) is 7.45. The van der Waals surface area contributed by atoms with Crippen LogP contribution in [0, 0.1) is 0 Å². The van der Waals surface area contributed by atoms with Gasteiger partial charge in [-0.05, 0) is 30.3 Å². The fourth-order valence-corrected chi connectivity index (χ4v) is 4.26. The molecule has 0 fully saturated rings. The highest BCUT2D eigenvalue weighted by molar-refractivity contribution is 6.37. The van der Waals surface area contributed by atoms with Crippen molar-refractivity contribution in [2.75, 3.05) is 31.3 Å². The van der Waals surface area contributed by atoms with Crippen LogP contribution in [0.5, 0.6) is 0 Å². The van der Waals surface area contributed by atoms with Gasteiger partial charge in [-0.3, -0.25) is 24.1 Å². The third-order valence-electron chi connectivity index (χ3n) is 5.70. The number of carbonyl (C=O) groups excluding carboxylic acids is 4. The summed E-state index contributed by atoms with van der Waals surface area (Å²) in [5.41, 5.74) is 1.60. The molecule has 0 aromatic heterocycles. The lowest BCUT2D eigenvalue weighted by molar-refractivity contribution is 0.0478. The number of aliphatic hydroxyl groups is 1. The normalized spacial score (nSPS) is 15.2. The number of carbonyl (C=O) groups is 4. The molecule has 3 aromatic carbocycles. The molecule has 2 aliphatic rings. The Labute approximate surface area is 182 Å². The van der Waals surface area contributed by atoms with Gasteiger partial charge in [0.15, 0.2) is 0 Å². The molecule has 5 rings (SSSR count). The predicted molar refractivity (Wildman–Crippen MR) is 115 cm³/mol. The summed E-state index contributed by atoms with van der Waals surface area (Å²) >= 11 is 0. The molecule has 8 nitrogen and oxygen atoms in total. The number of aliphatic hydroxyl groups excluding tert-OH is 1. The number of hydrogen-bond acceptors (Lipinski definition) is 6. The Balaban J connectivity index is 1.59. The number of benzene rings is 3. The maximum Gasteiger partial charge on any atom is 0.266 e. The van der Waals surface area contributed by atoms with E-state index in [0.29, 0.717) is 38.7 Å². The van der Waals surface area contributed by atoms with Crippen molar-refractivity contribution in [3.8, 4) is 0 Å². The van der Waals surface area contributed by atoms with Gasteiger partial charge in [0.1, 0.15) is 0 Å². The summed E-state index contributed by atoms with van der Waals surface area (Å²) in [6, 6.07) is 14.7. The Hall–Kier alpha value is -3.88. The summed E-state index contributed by atoms with van der Waals surface area (Å²) < 4.78 is 5.21. The Morgan fingerprint density at radius 2 is 1.31 bits per heavy atom. The van der Waals surface area contributed by atoms with Crippen molar-refractivity contribution >= 4 is 40.1 Å². The van der Waals surface area contributed by atoms with Crippen LogP contribution in [0.3, 0.4) is 0 Å². The van der Waals surface area contributed by atoms with Crippen LogP contribution in [0.1, 0.15) is 41.4 Å². The maximum absolute atomic E-state index is 13.1. The van der Waals surface area contributed by atoms with Crippen molar-refractivity contribution < 1.29 is 29.0 Å². The first-order chi connectivity index (χ1) is 15.5. The molecule has 0 atom stereocenters. The highest BCUT2D eigenvalue weighted by Gasteiger charge is 2.39. The molecule has 0 saturated carbocycles. The van der Waals surface area contributed by atoms with Crippen molar-refractivity contribution in [2.45, 2.75) is 0 Å². The Morgan fingerprint density at radius 3 is 1.97 bits per heavy atom. The molecule has 2 heterocycles. The first kappa shape index (κ1) is 20.0. The molecule has 0 saturated heterocycles. The molecule has 0 spiro atoms. The molecule has 4 amide bonds. The fraction of sp³-hybridized carbons (Fsp3) is 0.167. The summed E-state index contributed by atoms with van der Waals surface area (Å²) in [5.74, 6) is -1.83. The van der Waals surface area contributed by atoms with Gasteiger partial charge >= 0.3 is 0 Å². The quantitative estimate of drug-likeness (QED) is 0.475. The van der Waals surface area contributed by atoms with Gasteiger partial charge in [0, 0.05) is 21.9 Å². The van der Waals surface area contributed by atoms with Gasteiger partial charge in [-0.15, -0.1) is 0 Å². The zero-order valence-corrected chi connectivity index (χ0v) is 16.9. The van der Waals surface area contributed by atoms with Crippen LogP contribution in [0.15, 0.2) is 54.6 Å². The van der Waals surface area contributed by atoms with E-state index in [9.17, 15) is 19.2 Å². The van der Waals surface area contributed by atoms with Crippen LogP contribution in [0.4, 0.5) is 5.69 Å². The lowest BCUT2D eigenvalue weighted by atomic mass is 9.92. The molecule has 0 bridgehead atoms. The second-order valence-electron chi connectivity index (χ2n) is 7.45. The number of rotatable bonds is 6. The van der Waals surface area contributed by atoms with E-state index in [4.69, 9.17) is 9.84 Å². The van der Waals surface area contributed by atoms with Crippen LogP contribution in [0.25, 0.3) is 10.8 Å². The molecule has 0 unspecified atom stereocenters. The monoisotopic (exact) mass is 430 g/mol. The molecule has 1 N–H and O–H groups in total. The van der Waals surface area contributed by atoms with Gasteiger partial charge in [0.25, 0.3) is 23.6 Å². The number of fused-ring (bicyclic) bond motifs is 1. The molecule has 160 valence electrons. The SMILES string of the molecule is O=C1c2cccc3c(N4C(=O)c5ccccc5C4=O)ccc(c23)C(=O)N1CCOCCO. The third-order valence-corrected chi connectivity index (χ3v) is 5.70. The molecule has 8 heteroatoms. The summed E-state index contributed by atoms with van der Waals surface area (Å²) in [6.45, 7) is 0.126. The number of imide groups is 2. The average molecular weight is 430 g/mol. The largest absolute Gasteiger partial charge is 0.394 e. The van der Waals surface area contributed by atoms with Gasteiger partial charge in [-0.25, -0.2) is 4.90 Å². The zero-order valence-electron chi connectivity index (χ0n) is 16.9. The van der Waals surface area contributed by atoms with Crippen molar-refractivity contribution in [1.82, 2.24) is 4.90 Å². The van der Waals surface area contributed by atoms with Crippen molar-refractivity contribution in [1.29, 1.82) is 0 Å². The molecular weight excluding hydrogens is 412 g/mol. The van der Waals surface area contributed by atoms with Crippen LogP contribution in [-0.4, -0.2) is 60.0 Å². The number of ether oxygens (including phenoxy) is 1. The van der Waals surface area contributed by atoms with Gasteiger partial charge < -0.3 is 9.84 Å². The number of hydrogen-bond donors (Lipinski definition) is 1. The average Bonchev–Trinajstić information content (AvgIpc) is 3.07. The highest BCUT2D eigenvalue weighted by atomic mass is 16.5. The standard InChI is InChI=1S/C24H18N2O6/c27-11-13-32-12-10-25-21(28)17-7-3-6-16-19(9-8-18(20(16)17)22(25)29)26-23(30)14-4-1-2-5-15(14)24(26)31/h1-9,27H,10-13H2. The van der Waals surface area contributed by atoms with Crippen molar-refractivity contribution in [3.63, 3.8) is 0 Å². The summed E-state index contributed by atoms with van der Waals surface area (Å²) in [4.78, 5) is 54.3. The number of amides is 4. The van der Waals surface area contributed by atoms with E-state index < -0.39 is 23.6 Å². The molecule has 0 radical (unpaired) electrons. The van der Waals surface area contributed by atoms with E-state index >= 15 is 0 Å². The number of anilines is 1. The minimum atomic E-state index is -0.472. The van der Waals surface area contributed by atoms with Gasteiger partial charge in [0.2, 0.25) is 0 Å². The van der Waals surface area contributed by atoms with E-state index in [-0.39, 0.29) is 26.4 Å². The van der Waals surface area contributed by atoms with E-state index in [0.717, 1.165) is 9.80 Å². The fourth-order valence-electron chi connectivity index (χ4n) is 4.26. The van der Waals surface area contributed by atoms with E-state index in [2.05, 4.69) is 0 Å². The topological polar surface area (TPSA) is 104 Å². The molecule has 2 aliphatic heterocycles. The van der Waals surface area contributed by atoms with Crippen LogP contribution in [-0.2, 0) is 4.74 Å². The number of nitrogens with zero attached hydrogens (tertiary/aromatic N) is 2. The molecule has 0 aliphatic carbocycles. The van der Waals surface area contributed by atoms with Crippen LogP contribution >= 0.6 is 0 Å². The van der Waals surface area contributed by atoms with Crippen molar-refractivity contribution in [3.05, 3.63) is 76.9 Å². The predicted octanol–water partition coefficient (Wildman–Crippen LogP) is 2.25. The first-order valence-corrected chi connectivity index (χ1v) is 10.1. The highest BCUT2D eigenvalue weighted by Crippen LogP contribution is 2.38. The third kappa shape index (κ3) is 2.84. The Kier molecular flexibility index (Phi) is 4.80. The summed E-state index contributed by atoms with van der Waals surface area (Å²) in [7, 11) is 0. The van der Waals surface area contributed by atoms with Gasteiger partial charge in [-0.2, -0.15) is 0 Å². The van der Waals surface area contributed by atoms with Crippen molar-refractivity contribution in [2.24, 2.45) is 0 Å². The van der Waals surface area contributed by atoms with Gasteiger partial charge in [-0.1, -0.05) is 24.3 Å². The minimum absolute atomic E-state index is 0.0493. The lowest BCUT2D eigenvalue weighted by Crippen LogP contribution is -2.42. The molecular formula is C24H18N2O6. The summed E-state index contributed by atoms with van der Waals surface area (Å²) in [6.07, 6.45) is 0.